The van der Waals surface area contributed by atoms with Gasteiger partial charge >= 0.3 is 5.69 Å². The molecule has 6 nitrogen and oxygen atoms in total. The molecule has 21 heavy (non-hydrogen) atoms. The van der Waals surface area contributed by atoms with Gasteiger partial charge in [-0.25, -0.2) is 0 Å². The Morgan fingerprint density at radius 2 is 1.86 bits per heavy atom. The summed E-state index contributed by atoms with van der Waals surface area (Å²) in [7, 11) is 0. The van der Waals surface area contributed by atoms with Crippen LogP contribution in [-0.4, -0.2) is 4.92 Å². The average molecular weight is 307 g/mol. The molecule has 4 N–H and O–H groups in total. The Balaban J connectivity index is 2.36. The number of anilines is 2. The van der Waals surface area contributed by atoms with Crippen LogP contribution in [0, 0.1) is 10.1 Å². The number of nitro groups is 1. The summed E-state index contributed by atoms with van der Waals surface area (Å²) in [6.45, 7) is 1.88. The number of nitro benzene ring substituents is 1. The van der Waals surface area contributed by atoms with E-state index in [1.54, 1.807) is 24.3 Å². The molecule has 1 atom stereocenters. The molecule has 2 aromatic rings. The molecule has 1 unspecified atom stereocenters. The van der Waals surface area contributed by atoms with Gasteiger partial charge in [-0.2, -0.15) is 0 Å². The average Bonchev–Trinajstić information content (AvgIpc) is 2.46. The largest absolute Gasteiger partial charge is 0.373 e. The molecule has 2 rings (SSSR count). The van der Waals surface area contributed by atoms with E-state index in [9.17, 15) is 10.1 Å². The molecule has 0 saturated carbocycles. The second kappa shape index (κ2) is 6.43. The number of nitrogens with one attached hydrogen (secondary N) is 2. The number of hydrogen-bond donors (Lipinski definition) is 3. The predicted octanol–water partition coefficient (Wildman–Crippen LogP) is 3.71. The topological polar surface area (TPSA) is 93.2 Å². The van der Waals surface area contributed by atoms with Gasteiger partial charge in [-0.15, -0.1) is 0 Å². The summed E-state index contributed by atoms with van der Waals surface area (Å²) in [6.07, 6.45) is 0. The van der Waals surface area contributed by atoms with Gasteiger partial charge < -0.3 is 10.7 Å². The van der Waals surface area contributed by atoms with Crippen molar-refractivity contribution in [3.63, 3.8) is 0 Å². The summed E-state index contributed by atoms with van der Waals surface area (Å²) in [5.74, 6) is 5.32. The minimum atomic E-state index is -0.475. The zero-order valence-electron chi connectivity index (χ0n) is 11.3. The van der Waals surface area contributed by atoms with E-state index in [2.05, 4.69) is 10.7 Å². The van der Waals surface area contributed by atoms with Gasteiger partial charge in [-0.1, -0.05) is 35.9 Å². The second-order valence-corrected chi connectivity index (χ2v) is 4.90. The zero-order chi connectivity index (χ0) is 15.4. The fourth-order valence-electron chi connectivity index (χ4n) is 2.11. The van der Waals surface area contributed by atoms with Crippen molar-refractivity contribution in [1.82, 2.24) is 0 Å². The lowest BCUT2D eigenvalue weighted by molar-refractivity contribution is -0.383. The van der Waals surface area contributed by atoms with Gasteiger partial charge in [0, 0.05) is 5.02 Å². The maximum atomic E-state index is 11.2. The smallest absolute Gasteiger partial charge is 0.316 e. The molecule has 0 aliphatic carbocycles. The first-order valence-electron chi connectivity index (χ1n) is 6.29. The summed E-state index contributed by atoms with van der Waals surface area (Å²) in [4.78, 5) is 10.8. The third-order valence-electron chi connectivity index (χ3n) is 3.12. The fourth-order valence-corrected chi connectivity index (χ4v) is 2.41. The number of halogens is 1. The Bertz CT molecular complexity index is 663. The van der Waals surface area contributed by atoms with Crippen LogP contribution in [0.15, 0.2) is 42.5 Å². The molecule has 0 fully saturated rings. The zero-order valence-corrected chi connectivity index (χ0v) is 12.1. The van der Waals surface area contributed by atoms with Crippen LogP contribution in [0.3, 0.4) is 0 Å². The standard InChI is InChI=1S/C14H15ClN4O2/c1-9(10-5-2-3-6-11(10)15)17-12-7-4-8-13(18-16)14(12)19(20)21/h2-9,17-18H,16H2,1H3. The predicted molar refractivity (Wildman–Crippen MR) is 84.4 cm³/mol. The summed E-state index contributed by atoms with van der Waals surface area (Å²) >= 11 is 6.14. The van der Waals surface area contributed by atoms with E-state index in [0.29, 0.717) is 10.7 Å². The van der Waals surface area contributed by atoms with Crippen LogP contribution in [-0.2, 0) is 0 Å². The summed E-state index contributed by atoms with van der Waals surface area (Å²) in [5, 5.41) is 14.9. The van der Waals surface area contributed by atoms with Crippen molar-refractivity contribution in [2.45, 2.75) is 13.0 Å². The maximum Gasteiger partial charge on any atom is 0.316 e. The molecule has 0 aliphatic heterocycles. The summed E-state index contributed by atoms with van der Waals surface area (Å²) < 4.78 is 0. The third-order valence-corrected chi connectivity index (χ3v) is 3.46. The van der Waals surface area contributed by atoms with E-state index in [-0.39, 0.29) is 17.4 Å². The molecule has 0 amide bonds. The molecule has 0 saturated heterocycles. The molecule has 0 heterocycles. The quantitative estimate of drug-likeness (QED) is 0.445. The highest BCUT2D eigenvalue weighted by Crippen LogP contribution is 2.35. The Labute approximate surface area is 127 Å². The molecule has 0 aliphatic rings. The normalized spacial score (nSPS) is 11.8. The minimum absolute atomic E-state index is 0.0982. The summed E-state index contributed by atoms with van der Waals surface area (Å²) in [5.41, 5.74) is 3.72. The van der Waals surface area contributed by atoms with E-state index in [4.69, 9.17) is 17.4 Å². The van der Waals surface area contributed by atoms with E-state index in [1.165, 1.54) is 0 Å². The van der Waals surface area contributed by atoms with Gasteiger partial charge in [0.15, 0.2) is 0 Å². The number of hydrogen-bond acceptors (Lipinski definition) is 5. The molecule has 0 bridgehead atoms. The van der Waals surface area contributed by atoms with Crippen molar-refractivity contribution in [3.8, 4) is 0 Å². The molecular weight excluding hydrogens is 292 g/mol. The number of benzene rings is 2. The van der Waals surface area contributed by atoms with Crippen molar-refractivity contribution in [1.29, 1.82) is 0 Å². The summed E-state index contributed by atoms with van der Waals surface area (Å²) in [6, 6.07) is 12.0. The molecule has 0 spiro atoms. The lowest BCUT2D eigenvalue weighted by Gasteiger charge is -2.17. The lowest BCUT2D eigenvalue weighted by atomic mass is 10.1. The van der Waals surface area contributed by atoms with E-state index in [1.807, 2.05) is 25.1 Å². The van der Waals surface area contributed by atoms with Gasteiger partial charge in [0.05, 0.1) is 11.0 Å². The molecule has 110 valence electrons. The molecule has 7 heteroatoms. The highest BCUT2D eigenvalue weighted by Gasteiger charge is 2.21. The van der Waals surface area contributed by atoms with Crippen LogP contribution in [0.4, 0.5) is 17.1 Å². The van der Waals surface area contributed by atoms with Crippen molar-refractivity contribution in [2.75, 3.05) is 10.7 Å². The van der Waals surface area contributed by atoms with E-state index >= 15 is 0 Å². The Morgan fingerprint density at radius 3 is 2.48 bits per heavy atom. The molecule has 0 aromatic heterocycles. The fraction of sp³-hybridized carbons (Fsp3) is 0.143. The van der Waals surface area contributed by atoms with E-state index < -0.39 is 4.92 Å². The molecule has 0 radical (unpaired) electrons. The van der Waals surface area contributed by atoms with E-state index in [0.717, 1.165) is 5.56 Å². The monoisotopic (exact) mass is 306 g/mol. The first-order chi connectivity index (χ1) is 10.0. The van der Waals surface area contributed by atoms with Crippen LogP contribution in [0.1, 0.15) is 18.5 Å². The van der Waals surface area contributed by atoms with Crippen LogP contribution < -0.4 is 16.6 Å². The number of hydrazine groups is 1. The van der Waals surface area contributed by atoms with Gasteiger partial charge in [0.1, 0.15) is 11.4 Å². The minimum Gasteiger partial charge on any atom is -0.373 e. The van der Waals surface area contributed by atoms with Crippen molar-refractivity contribution < 1.29 is 4.92 Å². The number of para-hydroxylation sites is 1. The third kappa shape index (κ3) is 3.24. The van der Waals surface area contributed by atoms with Crippen LogP contribution in [0.5, 0.6) is 0 Å². The van der Waals surface area contributed by atoms with Crippen molar-refractivity contribution in [2.24, 2.45) is 5.84 Å². The molecular formula is C14H15ClN4O2. The first kappa shape index (κ1) is 15.1. The number of nitrogen functional groups attached to an aromatic ring is 1. The Kier molecular flexibility index (Phi) is 4.62. The van der Waals surface area contributed by atoms with Crippen molar-refractivity contribution in [3.05, 3.63) is 63.2 Å². The van der Waals surface area contributed by atoms with Gasteiger partial charge in [-0.3, -0.25) is 16.0 Å². The number of nitrogens with two attached hydrogens (primary N) is 1. The lowest BCUT2D eigenvalue weighted by Crippen LogP contribution is -2.12. The molecule has 2 aromatic carbocycles. The Morgan fingerprint density at radius 1 is 1.19 bits per heavy atom. The second-order valence-electron chi connectivity index (χ2n) is 4.49. The SMILES string of the molecule is CC(Nc1cccc(NN)c1[N+](=O)[O-])c1ccccc1Cl. The number of rotatable bonds is 5. The van der Waals surface area contributed by atoms with Crippen LogP contribution >= 0.6 is 11.6 Å². The highest BCUT2D eigenvalue weighted by atomic mass is 35.5. The van der Waals surface area contributed by atoms with Crippen LogP contribution in [0.2, 0.25) is 5.02 Å². The van der Waals surface area contributed by atoms with Crippen LogP contribution in [0.25, 0.3) is 0 Å². The first-order valence-corrected chi connectivity index (χ1v) is 6.67. The highest BCUT2D eigenvalue weighted by molar-refractivity contribution is 6.31. The Hall–Kier alpha value is -2.31. The van der Waals surface area contributed by atoms with Crippen molar-refractivity contribution >= 4 is 28.7 Å². The van der Waals surface area contributed by atoms with Gasteiger partial charge in [0.2, 0.25) is 0 Å². The van der Waals surface area contributed by atoms with Gasteiger partial charge in [0.25, 0.3) is 0 Å². The maximum absolute atomic E-state index is 11.2. The number of nitrogens with zero attached hydrogens (tertiary/aromatic N) is 1. The van der Waals surface area contributed by atoms with Gasteiger partial charge in [-0.05, 0) is 30.7 Å².